The highest BCUT2D eigenvalue weighted by Gasteiger charge is 2.31. The number of ether oxygens (including phenoxy) is 1. The third kappa shape index (κ3) is 4.20. The van der Waals surface area contributed by atoms with Crippen molar-refractivity contribution < 1.29 is 14.3 Å². The summed E-state index contributed by atoms with van der Waals surface area (Å²) in [5, 5.41) is 5.94. The van der Waals surface area contributed by atoms with Gasteiger partial charge >= 0.3 is 6.03 Å². The molecule has 2 aliphatic heterocycles. The Labute approximate surface area is 160 Å². The summed E-state index contributed by atoms with van der Waals surface area (Å²) >= 11 is 0. The number of urea groups is 1. The number of nitrogens with zero attached hydrogens (tertiary/aromatic N) is 1. The topological polar surface area (TPSA) is 70.7 Å². The molecule has 0 aromatic heterocycles. The lowest BCUT2D eigenvalue weighted by molar-refractivity contribution is 0.0548. The average Bonchev–Trinajstić information content (AvgIpc) is 2.68. The number of anilines is 1. The van der Waals surface area contributed by atoms with E-state index < -0.39 is 0 Å². The maximum Gasteiger partial charge on any atom is 0.319 e. The Bertz CT molecular complexity index is 700. The van der Waals surface area contributed by atoms with Gasteiger partial charge in [-0.1, -0.05) is 19.3 Å². The van der Waals surface area contributed by atoms with E-state index in [1.54, 1.807) is 12.1 Å². The number of carbonyl (C=O) groups is 2. The second-order valence-corrected chi connectivity index (χ2v) is 7.93. The second kappa shape index (κ2) is 8.19. The van der Waals surface area contributed by atoms with E-state index in [0.717, 1.165) is 38.6 Å². The summed E-state index contributed by atoms with van der Waals surface area (Å²) in [5.41, 5.74) is 1.19. The summed E-state index contributed by atoms with van der Waals surface area (Å²) in [6.45, 7) is 1.43. The summed E-state index contributed by atoms with van der Waals surface area (Å²) < 4.78 is 5.85. The van der Waals surface area contributed by atoms with Crippen molar-refractivity contribution in [2.45, 2.75) is 69.9 Å². The number of benzene rings is 1. The van der Waals surface area contributed by atoms with Crippen molar-refractivity contribution in [2.75, 3.05) is 18.5 Å². The monoisotopic (exact) mass is 371 g/mol. The van der Waals surface area contributed by atoms with Gasteiger partial charge in [0, 0.05) is 30.7 Å². The van der Waals surface area contributed by atoms with Gasteiger partial charge in [-0.15, -0.1) is 0 Å². The maximum absolute atomic E-state index is 13.1. The third-order valence-electron chi connectivity index (χ3n) is 6.00. The molecular weight excluding hydrogens is 342 g/mol. The quantitative estimate of drug-likeness (QED) is 0.828. The van der Waals surface area contributed by atoms with Gasteiger partial charge in [0.25, 0.3) is 5.91 Å². The molecule has 1 saturated carbocycles. The molecule has 1 aliphatic carbocycles. The standard InChI is InChI=1S/C21H29N3O3/c25-20-18-14-16(23-21(26)22-15-6-2-1-3-7-15)9-10-19(18)27-13-11-17-8-4-5-12-24(17)20/h9-10,14-15,17H,1-8,11-13H2,(H2,22,23,26). The van der Waals surface area contributed by atoms with Gasteiger partial charge in [0.2, 0.25) is 0 Å². The number of fused-ring (bicyclic) bond motifs is 2. The molecule has 1 aromatic carbocycles. The normalized spacial score (nSPS) is 23.3. The number of carbonyl (C=O) groups excluding carboxylic acids is 2. The van der Waals surface area contributed by atoms with Crippen molar-refractivity contribution in [3.8, 4) is 5.75 Å². The van der Waals surface area contributed by atoms with Crippen LogP contribution in [0.2, 0.25) is 0 Å². The molecule has 2 N–H and O–H groups in total. The highest BCUT2D eigenvalue weighted by molar-refractivity contribution is 5.99. The van der Waals surface area contributed by atoms with Crippen molar-refractivity contribution in [3.05, 3.63) is 23.8 Å². The Balaban J connectivity index is 1.48. The van der Waals surface area contributed by atoms with E-state index in [9.17, 15) is 9.59 Å². The Morgan fingerprint density at radius 1 is 1.04 bits per heavy atom. The average molecular weight is 371 g/mol. The van der Waals surface area contributed by atoms with E-state index in [2.05, 4.69) is 10.6 Å². The Kier molecular flexibility index (Phi) is 5.50. The van der Waals surface area contributed by atoms with Crippen LogP contribution in [-0.4, -0.2) is 42.1 Å². The summed E-state index contributed by atoms with van der Waals surface area (Å²) in [5.74, 6) is 0.632. The smallest absolute Gasteiger partial charge is 0.319 e. The van der Waals surface area contributed by atoms with Crippen molar-refractivity contribution in [1.82, 2.24) is 10.2 Å². The number of rotatable bonds is 2. The van der Waals surface area contributed by atoms with Crippen LogP contribution in [0.5, 0.6) is 5.75 Å². The fraction of sp³-hybridized carbons (Fsp3) is 0.619. The zero-order valence-corrected chi connectivity index (χ0v) is 15.8. The summed E-state index contributed by atoms with van der Waals surface area (Å²) in [6.07, 6.45) is 9.84. The fourth-order valence-electron chi connectivity index (χ4n) is 4.53. The van der Waals surface area contributed by atoms with Crippen molar-refractivity contribution >= 4 is 17.6 Å². The lowest BCUT2D eigenvalue weighted by Gasteiger charge is -2.37. The molecule has 1 saturated heterocycles. The Hall–Kier alpha value is -2.24. The molecule has 2 fully saturated rings. The van der Waals surface area contributed by atoms with Gasteiger partial charge < -0.3 is 20.3 Å². The number of piperidine rings is 1. The molecule has 0 spiro atoms. The molecule has 3 amide bonds. The molecule has 27 heavy (non-hydrogen) atoms. The number of hydrogen-bond donors (Lipinski definition) is 2. The van der Waals surface area contributed by atoms with Gasteiger partial charge in [-0.3, -0.25) is 4.79 Å². The minimum absolute atomic E-state index is 0.0192. The molecule has 1 atom stereocenters. The van der Waals surface area contributed by atoms with Crippen LogP contribution in [-0.2, 0) is 0 Å². The summed E-state index contributed by atoms with van der Waals surface area (Å²) in [4.78, 5) is 27.4. The van der Waals surface area contributed by atoms with Gasteiger partial charge in [-0.25, -0.2) is 4.79 Å². The van der Waals surface area contributed by atoms with Gasteiger partial charge in [0.15, 0.2) is 0 Å². The van der Waals surface area contributed by atoms with E-state index >= 15 is 0 Å². The first-order valence-electron chi connectivity index (χ1n) is 10.4. The van der Waals surface area contributed by atoms with Crippen LogP contribution >= 0.6 is 0 Å². The number of hydrogen-bond acceptors (Lipinski definition) is 3. The number of nitrogens with one attached hydrogen (secondary N) is 2. The van der Waals surface area contributed by atoms with Crippen molar-refractivity contribution in [3.63, 3.8) is 0 Å². The van der Waals surface area contributed by atoms with Crippen molar-refractivity contribution in [2.24, 2.45) is 0 Å². The first kappa shape index (κ1) is 18.1. The van der Waals surface area contributed by atoms with E-state index in [1.807, 2.05) is 11.0 Å². The largest absolute Gasteiger partial charge is 0.493 e. The SMILES string of the molecule is O=C(Nc1ccc2c(c1)C(=O)N1CCCCC1CCO2)NC1CCCCC1. The molecule has 0 bridgehead atoms. The van der Waals surface area contributed by atoms with Gasteiger partial charge in [-0.05, 0) is 50.3 Å². The molecule has 6 heteroatoms. The maximum atomic E-state index is 13.1. The first-order chi connectivity index (χ1) is 13.2. The van der Waals surface area contributed by atoms with Crippen LogP contribution < -0.4 is 15.4 Å². The predicted molar refractivity (Wildman–Crippen MR) is 104 cm³/mol. The van der Waals surface area contributed by atoms with E-state index in [4.69, 9.17) is 4.74 Å². The van der Waals surface area contributed by atoms with E-state index in [1.165, 1.54) is 25.7 Å². The third-order valence-corrected chi connectivity index (χ3v) is 6.00. The molecule has 1 aromatic rings. The number of amides is 3. The Morgan fingerprint density at radius 3 is 2.70 bits per heavy atom. The summed E-state index contributed by atoms with van der Waals surface area (Å²) in [6, 6.07) is 5.69. The van der Waals surface area contributed by atoms with Crippen LogP contribution in [0.1, 0.15) is 68.1 Å². The molecule has 3 aliphatic rings. The van der Waals surface area contributed by atoms with Crippen LogP contribution in [0.25, 0.3) is 0 Å². The first-order valence-corrected chi connectivity index (χ1v) is 10.4. The zero-order chi connectivity index (χ0) is 18.6. The highest BCUT2D eigenvalue weighted by atomic mass is 16.5. The van der Waals surface area contributed by atoms with Crippen molar-refractivity contribution in [1.29, 1.82) is 0 Å². The predicted octanol–water partition coefficient (Wildman–Crippen LogP) is 3.92. The molecule has 1 unspecified atom stereocenters. The fourth-order valence-corrected chi connectivity index (χ4v) is 4.53. The minimum atomic E-state index is -0.197. The van der Waals surface area contributed by atoms with Gasteiger partial charge in [-0.2, -0.15) is 0 Å². The zero-order valence-electron chi connectivity index (χ0n) is 15.8. The second-order valence-electron chi connectivity index (χ2n) is 7.93. The van der Waals surface area contributed by atoms with Crippen LogP contribution in [0.4, 0.5) is 10.5 Å². The van der Waals surface area contributed by atoms with E-state index in [-0.39, 0.29) is 24.0 Å². The van der Waals surface area contributed by atoms with Crippen LogP contribution in [0, 0.1) is 0 Å². The molecule has 146 valence electrons. The lowest BCUT2D eigenvalue weighted by atomic mass is 9.96. The highest BCUT2D eigenvalue weighted by Crippen LogP contribution is 2.31. The molecular formula is C21H29N3O3. The van der Waals surface area contributed by atoms with Crippen LogP contribution in [0.15, 0.2) is 18.2 Å². The van der Waals surface area contributed by atoms with Crippen LogP contribution in [0.3, 0.4) is 0 Å². The molecule has 2 heterocycles. The molecule has 4 rings (SSSR count). The lowest BCUT2D eigenvalue weighted by Crippen LogP contribution is -2.45. The van der Waals surface area contributed by atoms with Gasteiger partial charge in [0.05, 0.1) is 12.2 Å². The minimum Gasteiger partial charge on any atom is -0.493 e. The summed E-state index contributed by atoms with van der Waals surface area (Å²) in [7, 11) is 0. The van der Waals surface area contributed by atoms with Gasteiger partial charge in [0.1, 0.15) is 5.75 Å². The molecule has 6 nitrogen and oxygen atoms in total. The Morgan fingerprint density at radius 2 is 1.85 bits per heavy atom. The van der Waals surface area contributed by atoms with E-state index in [0.29, 0.717) is 23.6 Å². The molecule has 0 radical (unpaired) electrons.